The molecule has 0 bridgehead atoms. The Bertz CT molecular complexity index is 668. The minimum Gasteiger partial charge on any atom is -0.325 e. The lowest BCUT2D eigenvalue weighted by molar-refractivity contribution is -0.123. The molecular formula is C18H25N5O. The van der Waals surface area contributed by atoms with Gasteiger partial charge in [0.1, 0.15) is 12.7 Å². The Balaban J connectivity index is 1.67. The van der Waals surface area contributed by atoms with Crippen molar-refractivity contribution in [1.82, 2.24) is 19.7 Å². The minimum absolute atomic E-state index is 0.0275. The highest BCUT2D eigenvalue weighted by Gasteiger charge is 2.30. The lowest BCUT2D eigenvalue weighted by atomic mass is 9.99. The highest BCUT2D eigenvalue weighted by atomic mass is 16.2. The van der Waals surface area contributed by atoms with Gasteiger partial charge < -0.3 is 9.88 Å². The van der Waals surface area contributed by atoms with Crippen LogP contribution in [0.25, 0.3) is 0 Å². The van der Waals surface area contributed by atoms with Gasteiger partial charge in [-0.3, -0.25) is 9.69 Å². The van der Waals surface area contributed by atoms with Crippen LogP contribution in [0.4, 0.5) is 5.69 Å². The van der Waals surface area contributed by atoms with E-state index in [0.29, 0.717) is 12.6 Å². The highest BCUT2D eigenvalue weighted by Crippen LogP contribution is 2.21. The van der Waals surface area contributed by atoms with Gasteiger partial charge in [-0.2, -0.15) is 0 Å². The molecule has 1 aromatic heterocycles. The van der Waals surface area contributed by atoms with Gasteiger partial charge in [-0.25, -0.2) is 0 Å². The Morgan fingerprint density at radius 1 is 1.29 bits per heavy atom. The van der Waals surface area contributed by atoms with Crippen molar-refractivity contribution < 1.29 is 4.79 Å². The van der Waals surface area contributed by atoms with E-state index in [2.05, 4.69) is 34.3 Å². The summed E-state index contributed by atoms with van der Waals surface area (Å²) in [6, 6.07) is 8.32. The zero-order chi connectivity index (χ0) is 16.9. The van der Waals surface area contributed by atoms with Crippen molar-refractivity contribution in [1.29, 1.82) is 0 Å². The van der Waals surface area contributed by atoms with Crippen molar-refractivity contribution in [2.45, 2.75) is 51.7 Å². The molecule has 6 nitrogen and oxygen atoms in total. The molecule has 1 N–H and O–H groups in total. The van der Waals surface area contributed by atoms with Gasteiger partial charge in [-0.1, -0.05) is 18.6 Å². The van der Waals surface area contributed by atoms with Crippen molar-refractivity contribution in [3.05, 3.63) is 42.5 Å². The zero-order valence-electron chi connectivity index (χ0n) is 14.4. The predicted molar refractivity (Wildman–Crippen MR) is 93.7 cm³/mol. The summed E-state index contributed by atoms with van der Waals surface area (Å²) in [5.41, 5.74) is 1.96. The summed E-state index contributed by atoms with van der Waals surface area (Å²) in [5, 5.41) is 10.7. The van der Waals surface area contributed by atoms with Crippen LogP contribution in [0.5, 0.6) is 0 Å². The van der Waals surface area contributed by atoms with Gasteiger partial charge in [0.25, 0.3) is 0 Å². The van der Waals surface area contributed by atoms with E-state index in [1.165, 1.54) is 6.42 Å². The van der Waals surface area contributed by atoms with Crippen molar-refractivity contribution in [2.75, 3.05) is 11.9 Å². The van der Waals surface area contributed by atoms with Gasteiger partial charge in [0.05, 0.1) is 12.6 Å². The number of anilines is 1. The molecule has 3 rings (SSSR count). The number of benzene rings is 1. The van der Waals surface area contributed by atoms with Gasteiger partial charge in [0.2, 0.25) is 5.91 Å². The quantitative estimate of drug-likeness (QED) is 0.916. The largest absolute Gasteiger partial charge is 0.325 e. The molecule has 6 heteroatoms. The van der Waals surface area contributed by atoms with Crippen LogP contribution < -0.4 is 5.32 Å². The van der Waals surface area contributed by atoms with Crippen molar-refractivity contribution in [3.63, 3.8) is 0 Å². The number of amides is 1. The first-order valence-electron chi connectivity index (χ1n) is 8.61. The molecule has 2 aromatic rings. The zero-order valence-corrected chi connectivity index (χ0v) is 14.4. The third-order valence-electron chi connectivity index (χ3n) is 4.54. The van der Waals surface area contributed by atoms with Crippen LogP contribution in [-0.2, 0) is 11.3 Å². The third kappa shape index (κ3) is 4.00. The molecule has 1 aliphatic rings. The fourth-order valence-electron chi connectivity index (χ4n) is 3.34. The van der Waals surface area contributed by atoms with E-state index < -0.39 is 0 Å². The second kappa shape index (κ2) is 7.57. The number of likely N-dealkylation sites (tertiary alicyclic amines) is 1. The van der Waals surface area contributed by atoms with Crippen LogP contribution in [-0.4, -0.2) is 44.2 Å². The average Bonchev–Trinajstić information content (AvgIpc) is 3.08. The van der Waals surface area contributed by atoms with Gasteiger partial charge >= 0.3 is 0 Å². The van der Waals surface area contributed by atoms with E-state index in [9.17, 15) is 4.79 Å². The Hall–Kier alpha value is -2.21. The third-order valence-corrected chi connectivity index (χ3v) is 4.54. The maximum Gasteiger partial charge on any atom is 0.241 e. The average molecular weight is 327 g/mol. The van der Waals surface area contributed by atoms with E-state index in [1.807, 2.05) is 28.8 Å². The first-order valence-corrected chi connectivity index (χ1v) is 8.61. The van der Waals surface area contributed by atoms with E-state index in [1.54, 1.807) is 12.7 Å². The molecule has 0 aliphatic carbocycles. The number of aromatic nitrogens is 3. The summed E-state index contributed by atoms with van der Waals surface area (Å²) in [5.74, 6) is 0.102. The van der Waals surface area contributed by atoms with E-state index in [0.717, 1.165) is 30.6 Å². The standard InChI is InChI=1S/C18H25N5O/c1-14(2)23-9-4-3-8-17(23)18(24)21-16-7-5-6-15(10-16)11-22-12-19-20-13-22/h5-7,10,12-14,17H,3-4,8-9,11H2,1-2H3,(H,21,24). The number of carbonyl (C=O) groups is 1. The first kappa shape index (κ1) is 16.6. The molecule has 0 saturated carbocycles. The fourth-order valence-corrected chi connectivity index (χ4v) is 3.34. The monoisotopic (exact) mass is 327 g/mol. The Kier molecular flexibility index (Phi) is 5.25. The SMILES string of the molecule is CC(C)N1CCCCC1C(=O)Nc1cccc(Cn2cnnc2)c1. The Morgan fingerprint density at radius 3 is 2.83 bits per heavy atom. The molecule has 1 fully saturated rings. The number of carbonyl (C=O) groups excluding carboxylic acids is 1. The molecular weight excluding hydrogens is 302 g/mol. The molecule has 1 saturated heterocycles. The van der Waals surface area contributed by atoms with Crippen LogP contribution in [0, 0.1) is 0 Å². The van der Waals surface area contributed by atoms with Crippen LogP contribution in [0.3, 0.4) is 0 Å². The number of rotatable bonds is 5. The van der Waals surface area contributed by atoms with E-state index in [4.69, 9.17) is 0 Å². The summed E-state index contributed by atoms with van der Waals surface area (Å²) < 4.78 is 1.91. The van der Waals surface area contributed by atoms with Crippen LogP contribution in [0.15, 0.2) is 36.9 Å². The van der Waals surface area contributed by atoms with Crippen molar-refractivity contribution in [2.24, 2.45) is 0 Å². The summed E-state index contributed by atoms with van der Waals surface area (Å²) in [7, 11) is 0. The number of piperidine rings is 1. The maximum atomic E-state index is 12.7. The molecule has 128 valence electrons. The van der Waals surface area contributed by atoms with E-state index in [-0.39, 0.29) is 11.9 Å². The topological polar surface area (TPSA) is 63.1 Å². The predicted octanol–water partition coefficient (Wildman–Crippen LogP) is 2.53. The molecule has 1 aliphatic heterocycles. The number of hydrogen-bond donors (Lipinski definition) is 1. The molecule has 1 unspecified atom stereocenters. The summed E-state index contributed by atoms with van der Waals surface area (Å²) in [6.07, 6.45) is 6.61. The number of nitrogens with zero attached hydrogens (tertiary/aromatic N) is 4. The molecule has 1 aromatic carbocycles. The highest BCUT2D eigenvalue weighted by molar-refractivity contribution is 5.95. The Labute approximate surface area is 142 Å². The second-order valence-corrected chi connectivity index (χ2v) is 6.67. The summed E-state index contributed by atoms with van der Waals surface area (Å²) in [4.78, 5) is 15.0. The van der Waals surface area contributed by atoms with Crippen LogP contribution in [0.2, 0.25) is 0 Å². The molecule has 2 heterocycles. The number of nitrogens with one attached hydrogen (secondary N) is 1. The smallest absolute Gasteiger partial charge is 0.241 e. The maximum absolute atomic E-state index is 12.7. The molecule has 0 radical (unpaired) electrons. The lowest BCUT2D eigenvalue weighted by Gasteiger charge is -2.37. The van der Waals surface area contributed by atoms with Crippen LogP contribution in [0.1, 0.15) is 38.7 Å². The first-order chi connectivity index (χ1) is 11.6. The summed E-state index contributed by atoms with van der Waals surface area (Å²) in [6.45, 7) is 6.01. The molecule has 1 atom stereocenters. The minimum atomic E-state index is -0.0275. The van der Waals surface area contributed by atoms with Gasteiger partial charge in [0, 0.05) is 11.7 Å². The normalized spacial score (nSPS) is 18.7. The van der Waals surface area contributed by atoms with Gasteiger partial charge in [0.15, 0.2) is 0 Å². The van der Waals surface area contributed by atoms with Crippen LogP contribution >= 0.6 is 0 Å². The summed E-state index contributed by atoms with van der Waals surface area (Å²) >= 11 is 0. The van der Waals surface area contributed by atoms with Gasteiger partial charge in [-0.05, 0) is 50.9 Å². The van der Waals surface area contributed by atoms with E-state index >= 15 is 0 Å². The van der Waals surface area contributed by atoms with Crippen molar-refractivity contribution >= 4 is 11.6 Å². The number of hydrogen-bond acceptors (Lipinski definition) is 4. The van der Waals surface area contributed by atoms with Gasteiger partial charge in [-0.15, -0.1) is 10.2 Å². The Morgan fingerprint density at radius 2 is 2.08 bits per heavy atom. The second-order valence-electron chi connectivity index (χ2n) is 6.67. The lowest BCUT2D eigenvalue weighted by Crippen LogP contribution is -2.50. The molecule has 0 spiro atoms. The molecule has 24 heavy (non-hydrogen) atoms. The fraction of sp³-hybridized carbons (Fsp3) is 0.500. The molecule has 1 amide bonds. The van der Waals surface area contributed by atoms with Crippen molar-refractivity contribution in [3.8, 4) is 0 Å².